The number of carbonyl (C=O) groups is 2. The monoisotopic (exact) mass is 444 g/mol. The lowest BCUT2D eigenvalue weighted by Gasteiger charge is -2.21. The molecule has 1 fully saturated rings. The summed E-state index contributed by atoms with van der Waals surface area (Å²) in [4.78, 5) is 26.7. The van der Waals surface area contributed by atoms with E-state index >= 15 is 0 Å². The van der Waals surface area contributed by atoms with Crippen LogP contribution < -0.4 is 16.4 Å². The van der Waals surface area contributed by atoms with Gasteiger partial charge in [-0.15, -0.1) is 0 Å². The summed E-state index contributed by atoms with van der Waals surface area (Å²) >= 11 is 0. The molecule has 3 aromatic rings. The largest absolute Gasteiger partial charge is 0.369 e. The molecule has 1 saturated heterocycles. The van der Waals surface area contributed by atoms with Crippen LogP contribution in [0.5, 0.6) is 0 Å². The van der Waals surface area contributed by atoms with Crippen molar-refractivity contribution in [3.05, 3.63) is 77.5 Å². The molecule has 2 atom stereocenters. The third-order valence-electron chi connectivity index (χ3n) is 6.46. The van der Waals surface area contributed by atoms with E-state index in [0.717, 1.165) is 47.6 Å². The zero-order valence-corrected chi connectivity index (χ0v) is 18.4. The molecule has 1 aromatic heterocycles. The second kappa shape index (κ2) is 9.07. The summed E-state index contributed by atoms with van der Waals surface area (Å²) in [7, 11) is 0. The van der Waals surface area contributed by atoms with Crippen LogP contribution >= 0.6 is 0 Å². The number of anilines is 1. The highest BCUT2D eigenvalue weighted by Gasteiger charge is 2.35. The second-order valence-electron chi connectivity index (χ2n) is 8.76. The number of likely N-dealkylation sites (tertiary alicyclic amines) is 1. The molecule has 0 radical (unpaired) electrons. The number of nitrogens with two attached hydrogens (primary N) is 1. The number of para-hydroxylation sites is 1. The first-order valence-corrected chi connectivity index (χ1v) is 11.4. The summed E-state index contributed by atoms with van der Waals surface area (Å²) in [5.74, 6) is 0.435. The number of fused-ring (bicyclic) bond motifs is 1. The molecular formula is C25H28N6O2. The molecule has 170 valence electrons. The number of nitrogens with zero attached hydrogens (tertiary/aromatic N) is 3. The molecule has 1 aliphatic carbocycles. The minimum absolute atomic E-state index is 0.0704. The number of hydrogen-bond donors (Lipinski definition) is 3. The van der Waals surface area contributed by atoms with Crippen molar-refractivity contribution in [2.75, 3.05) is 25.0 Å². The summed E-state index contributed by atoms with van der Waals surface area (Å²) in [6, 6.07) is 19.5. The predicted molar refractivity (Wildman–Crippen MR) is 126 cm³/mol. The molecule has 0 unspecified atom stereocenters. The van der Waals surface area contributed by atoms with Crippen LogP contribution in [-0.2, 0) is 17.6 Å². The van der Waals surface area contributed by atoms with Crippen LogP contribution in [-0.4, -0.2) is 52.3 Å². The quantitative estimate of drug-likeness (QED) is 0.543. The maximum absolute atomic E-state index is 13.2. The zero-order valence-electron chi connectivity index (χ0n) is 18.4. The van der Waals surface area contributed by atoms with Gasteiger partial charge in [-0.2, -0.15) is 5.10 Å². The maximum Gasteiger partial charge on any atom is 0.320 e. The molecule has 5 rings (SSSR count). The summed E-state index contributed by atoms with van der Waals surface area (Å²) in [6.45, 7) is 1.40. The predicted octanol–water partition coefficient (Wildman–Crippen LogP) is 2.44. The highest BCUT2D eigenvalue weighted by atomic mass is 16.2. The van der Waals surface area contributed by atoms with Gasteiger partial charge in [0.1, 0.15) is 5.82 Å². The van der Waals surface area contributed by atoms with Gasteiger partial charge in [0.2, 0.25) is 5.91 Å². The third kappa shape index (κ3) is 4.47. The van der Waals surface area contributed by atoms with Gasteiger partial charge in [0.05, 0.1) is 24.0 Å². The number of aromatic nitrogens is 2. The number of carbonyl (C=O) groups excluding carboxylic acids is 2. The van der Waals surface area contributed by atoms with Gasteiger partial charge in [-0.1, -0.05) is 48.5 Å². The fourth-order valence-electron chi connectivity index (χ4n) is 5.01. The topological polar surface area (TPSA) is 105 Å². The molecule has 4 N–H and O–H groups in total. The van der Waals surface area contributed by atoms with Crippen molar-refractivity contribution in [3.63, 3.8) is 0 Å². The molecule has 2 aromatic carbocycles. The summed E-state index contributed by atoms with van der Waals surface area (Å²) in [5.41, 5.74) is 9.62. The van der Waals surface area contributed by atoms with Crippen molar-refractivity contribution < 1.29 is 9.59 Å². The smallest absolute Gasteiger partial charge is 0.320 e. The van der Waals surface area contributed by atoms with Gasteiger partial charge in [-0.05, 0) is 37.0 Å². The third-order valence-corrected chi connectivity index (χ3v) is 6.46. The minimum Gasteiger partial charge on any atom is -0.369 e. The molecule has 1 aliphatic heterocycles. The van der Waals surface area contributed by atoms with E-state index < -0.39 is 0 Å². The zero-order chi connectivity index (χ0) is 22.8. The molecule has 0 saturated carbocycles. The van der Waals surface area contributed by atoms with E-state index in [2.05, 4.69) is 22.8 Å². The minimum atomic E-state index is -0.366. The number of hydrogen-bond acceptors (Lipinski definition) is 4. The number of nitrogens with one attached hydrogen (secondary N) is 2. The van der Waals surface area contributed by atoms with E-state index in [0.29, 0.717) is 13.1 Å². The number of rotatable bonds is 6. The molecule has 33 heavy (non-hydrogen) atoms. The van der Waals surface area contributed by atoms with Crippen LogP contribution in [0.25, 0.3) is 5.69 Å². The number of benzene rings is 2. The van der Waals surface area contributed by atoms with Crippen molar-refractivity contribution in [2.24, 2.45) is 5.73 Å². The molecule has 2 aliphatic rings. The Hall–Kier alpha value is -3.65. The second-order valence-corrected chi connectivity index (χ2v) is 8.76. The van der Waals surface area contributed by atoms with E-state index in [-0.39, 0.29) is 30.4 Å². The first kappa shape index (κ1) is 21.2. The molecule has 3 amide bonds. The highest BCUT2D eigenvalue weighted by Crippen LogP contribution is 2.31. The Labute approximate surface area is 192 Å². The molecule has 2 heterocycles. The SMILES string of the molecule is NC(=O)CN1C[C@@H](NC(=O)Nc2c3c(nn2-c2ccccc2)CCC3)[C@H](c2ccccc2)C1. The van der Waals surface area contributed by atoms with E-state index in [9.17, 15) is 9.59 Å². The van der Waals surface area contributed by atoms with Gasteiger partial charge in [-0.25, -0.2) is 9.48 Å². The van der Waals surface area contributed by atoms with Gasteiger partial charge >= 0.3 is 6.03 Å². The Morgan fingerprint density at radius 1 is 1.00 bits per heavy atom. The van der Waals surface area contributed by atoms with E-state index in [4.69, 9.17) is 10.8 Å². The first-order valence-electron chi connectivity index (χ1n) is 11.4. The summed E-state index contributed by atoms with van der Waals surface area (Å²) in [5, 5.41) is 11.0. The van der Waals surface area contributed by atoms with Crippen molar-refractivity contribution in [1.29, 1.82) is 0 Å². The van der Waals surface area contributed by atoms with Crippen molar-refractivity contribution in [2.45, 2.75) is 31.2 Å². The van der Waals surface area contributed by atoms with Crippen LogP contribution in [0, 0.1) is 0 Å². The van der Waals surface area contributed by atoms with Crippen LogP contribution in [0.4, 0.5) is 10.6 Å². The van der Waals surface area contributed by atoms with Crippen LogP contribution in [0.3, 0.4) is 0 Å². The standard InChI is InChI=1S/C25H28N6O2/c26-23(32)16-30-14-20(17-8-3-1-4-9-17)22(15-30)27-25(33)28-24-19-12-7-13-21(19)29-31(24)18-10-5-2-6-11-18/h1-6,8-11,20,22H,7,12-16H2,(H2,26,32)(H2,27,28,33)/t20-,22+/m0/s1. The first-order chi connectivity index (χ1) is 16.1. The Balaban J connectivity index is 1.37. The number of urea groups is 1. The Kier molecular flexibility index (Phi) is 5.83. The molecule has 0 bridgehead atoms. The van der Waals surface area contributed by atoms with Crippen molar-refractivity contribution in [1.82, 2.24) is 20.0 Å². The van der Waals surface area contributed by atoms with E-state index in [1.54, 1.807) is 0 Å². The number of primary amides is 1. The Morgan fingerprint density at radius 2 is 1.73 bits per heavy atom. The molecular weight excluding hydrogens is 416 g/mol. The van der Waals surface area contributed by atoms with E-state index in [1.165, 1.54) is 0 Å². The number of aryl methyl sites for hydroxylation is 1. The lowest BCUT2D eigenvalue weighted by Crippen LogP contribution is -2.43. The average molecular weight is 445 g/mol. The molecule has 8 nitrogen and oxygen atoms in total. The summed E-state index contributed by atoms with van der Waals surface area (Å²) in [6.07, 6.45) is 2.87. The van der Waals surface area contributed by atoms with Gasteiger partial charge < -0.3 is 11.1 Å². The number of amides is 3. The fourth-order valence-corrected chi connectivity index (χ4v) is 5.01. The molecule has 0 spiro atoms. The normalized spacial score (nSPS) is 19.9. The fraction of sp³-hybridized carbons (Fsp3) is 0.320. The van der Waals surface area contributed by atoms with Gasteiger partial charge in [-0.3, -0.25) is 15.0 Å². The Bertz CT molecular complexity index is 1140. The highest BCUT2D eigenvalue weighted by molar-refractivity contribution is 5.90. The average Bonchev–Trinajstić information content (AvgIpc) is 3.51. The van der Waals surface area contributed by atoms with Crippen molar-refractivity contribution in [3.8, 4) is 5.69 Å². The van der Waals surface area contributed by atoms with Crippen LogP contribution in [0.1, 0.15) is 29.2 Å². The van der Waals surface area contributed by atoms with Crippen LogP contribution in [0.2, 0.25) is 0 Å². The van der Waals surface area contributed by atoms with E-state index in [1.807, 2.05) is 58.1 Å². The van der Waals surface area contributed by atoms with Gasteiger partial charge in [0.15, 0.2) is 0 Å². The van der Waals surface area contributed by atoms with Gasteiger partial charge in [0.25, 0.3) is 0 Å². The molecule has 8 heteroatoms. The van der Waals surface area contributed by atoms with Gasteiger partial charge in [0, 0.05) is 24.6 Å². The Morgan fingerprint density at radius 3 is 2.45 bits per heavy atom. The van der Waals surface area contributed by atoms with Crippen molar-refractivity contribution >= 4 is 17.8 Å². The summed E-state index contributed by atoms with van der Waals surface area (Å²) < 4.78 is 1.83. The lowest BCUT2D eigenvalue weighted by atomic mass is 9.94. The lowest BCUT2D eigenvalue weighted by molar-refractivity contribution is -0.118. The van der Waals surface area contributed by atoms with Crippen LogP contribution in [0.15, 0.2) is 60.7 Å². The maximum atomic E-state index is 13.2.